The Morgan fingerprint density at radius 2 is 2.10 bits per heavy atom. The zero-order chi connectivity index (χ0) is 14.7. The minimum atomic E-state index is 0.768. The van der Waals surface area contributed by atoms with E-state index in [2.05, 4.69) is 24.9 Å². The molecule has 0 aromatic carbocycles. The van der Waals surface area contributed by atoms with E-state index in [1.54, 1.807) is 35.5 Å². The fraction of sp³-hybridized carbons (Fsp3) is 0.500. The summed E-state index contributed by atoms with van der Waals surface area (Å²) in [6.07, 6.45) is 7.28. The maximum Gasteiger partial charge on any atom is 0.181 e. The first-order valence-electron chi connectivity index (χ1n) is 6.61. The summed E-state index contributed by atoms with van der Waals surface area (Å²) in [5, 5.41) is 4.52. The fourth-order valence-electron chi connectivity index (χ4n) is 2.22. The molecule has 0 atom stereocenters. The summed E-state index contributed by atoms with van der Waals surface area (Å²) in [7, 11) is 0. The summed E-state index contributed by atoms with van der Waals surface area (Å²) in [5.74, 6) is 0.951. The van der Waals surface area contributed by atoms with Crippen molar-refractivity contribution in [1.29, 1.82) is 0 Å². The smallest absolute Gasteiger partial charge is 0.181 e. The van der Waals surface area contributed by atoms with Gasteiger partial charge in [0.1, 0.15) is 5.82 Å². The highest BCUT2D eigenvalue weighted by molar-refractivity contribution is 8.00. The van der Waals surface area contributed by atoms with Gasteiger partial charge < -0.3 is 4.90 Å². The zero-order valence-corrected chi connectivity index (χ0v) is 14.1. The number of thioether (sulfide) groups is 1. The van der Waals surface area contributed by atoms with Crippen LogP contribution in [0.5, 0.6) is 0 Å². The monoisotopic (exact) mass is 340 g/mol. The Morgan fingerprint density at radius 3 is 2.71 bits per heavy atom. The highest BCUT2D eigenvalue weighted by Gasteiger charge is 2.18. The Kier molecular flexibility index (Phi) is 4.84. The molecule has 0 spiro atoms. The van der Waals surface area contributed by atoms with Crippen LogP contribution in [0.4, 0.5) is 5.82 Å². The first-order chi connectivity index (χ1) is 10.3. The lowest BCUT2D eigenvalue weighted by atomic mass is 10.3. The van der Waals surface area contributed by atoms with Gasteiger partial charge in [-0.1, -0.05) is 23.1 Å². The van der Waals surface area contributed by atoms with Crippen LogP contribution in [0.15, 0.2) is 22.9 Å². The fourth-order valence-corrected chi connectivity index (χ4v) is 3.96. The number of piperazine rings is 1. The van der Waals surface area contributed by atoms with Crippen molar-refractivity contribution < 1.29 is 0 Å². The third-order valence-corrected chi connectivity index (χ3v) is 5.63. The molecule has 3 rings (SSSR count). The van der Waals surface area contributed by atoms with Crippen LogP contribution in [0, 0.1) is 3.95 Å². The van der Waals surface area contributed by atoms with E-state index >= 15 is 0 Å². The first kappa shape index (κ1) is 14.9. The molecule has 1 aliphatic heterocycles. The number of hydrogen-bond acceptors (Lipinski definition) is 8. The molecule has 0 N–H and O–H groups in total. The summed E-state index contributed by atoms with van der Waals surface area (Å²) in [4.78, 5) is 13.1. The molecule has 112 valence electrons. The van der Waals surface area contributed by atoms with E-state index in [1.165, 1.54) is 0 Å². The van der Waals surface area contributed by atoms with Crippen LogP contribution in [0.2, 0.25) is 0 Å². The predicted molar refractivity (Wildman–Crippen MR) is 88.5 cm³/mol. The molecule has 0 bridgehead atoms. The summed E-state index contributed by atoms with van der Waals surface area (Å²) < 4.78 is 3.79. The SMILES string of the molecule is CSc1nn(CN2CCN(c3cnccn3)CC2)c(=S)s1. The minimum absolute atomic E-state index is 0.768. The lowest BCUT2D eigenvalue weighted by Gasteiger charge is -2.34. The van der Waals surface area contributed by atoms with Gasteiger partial charge in [-0.15, -0.1) is 0 Å². The van der Waals surface area contributed by atoms with Gasteiger partial charge in [0.05, 0.1) is 12.9 Å². The van der Waals surface area contributed by atoms with Crippen LogP contribution >= 0.6 is 35.3 Å². The van der Waals surface area contributed by atoms with E-state index in [0.29, 0.717) is 0 Å². The molecule has 2 aromatic rings. The Morgan fingerprint density at radius 1 is 1.29 bits per heavy atom. The van der Waals surface area contributed by atoms with Crippen molar-refractivity contribution in [3.8, 4) is 0 Å². The zero-order valence-electron chi connectivity index (χ0n) is 11.7. The second kappa shape index (κ2) is 6.82. The summed E-state index contributed by atoms with van der Waals surface area (Å²) in [6, 6.07) is 0. The number of aromatic nitrogens is 4. The van der Waals surface area contributed by atoms with Crippen LogP contribution < -0.4 is 4.90 Å². The van der Waals surface area contributed by atoms with Gasteiger partial charge in [-0.3, -0.25) is 9.88 Å². The highest BCUT2D eigenvalue weighted by atomic mass is 32.2. The van der Waals surface area contributed by atoms with Gasteiger partial charge in [-0.05, 0) is 18.5 Å². The molecule has 9 heteroatoms. The largest absolute Gasteiger partial charge is 0.353 e. The van der Waals surface area contributed by atoms with E-state index in [1.807, 2.05) is 17.1 Å². The standard InChI is InChI=1S/C12H16N6S3/c1-20-11-15-18(12(19)21-11)9-16-4-6-17(7-5-16)10-8-13-2-3-14-10/h2-3,8H,4-7,9H2,1H3. The van der Waals surface area contributed by atoms with Crippen molar-refractivity contribution in [2.75, 3.05) is 37.3 Å². The molecule has 0 aliphatic carbocycles. The maximum absolute atomic E-state index is 5.36. The first-order valence-corrected chi connectivity index (χ1v) is 9.06. The Labute approximate surface area is 136 Å². The summed E-state index contributed by atoms with van der Waals surface area (Å²) >= 11 is 8.57. The predicted octanol–water partition coefficient (Wildman–Crippen LogP) is 1.97. The molecule has 0 unspecified atom stereocenters. The second-order valence-corrected chi connectivity index (χ2v) is 7.32. The number of hydrogen-bond donors (Lipinski definition) is 0. The average Bonchev–Trinajstić information content (AvgIpc) is 2.89. The molecule has 0 amide bonds. The van der Waals surface area contributed by atoms with Gasteiger partial charge in [0.15, 0.2) is 8.29 Å². The lowest BCUT2D eigenvalue weighted by Crippen LogP contribution is -2.47. The molecule has 21 heavy (non-hydrogen) atoms. The molecule has 1 fully saturated rings. The van der Waals surface area contributed by atoms with Crippen LogP contribution in [0.1, 0.15) is 0 Å². The van der Waals surface area contributed by atoms with Gasteiger partial charge in [0.25, 0.3) is 0 Å². The average molecular weight is 341 g/mol. The van der Waals surface area contributed by atoms with Crippen LogP contribution in [0.3, 0.4) is 0 Å². The molecule has 1 saturated heterocycles. The van der Waals surface area contributed by atoms with Crippen molar-refractivity contribution in [3.63, 3.8) is 0 Å². The van der Waals surface area contributed by atoms with E-state index < -0.39 is 0 Å². The van der Waals surface area contributed by atoms with Gasteiger partial charge in [-0.25, -0.2) is 9.67 Å². The van der Waals surface area contributed by atoms with Gasteiger partial charge >= 0.3 is 0 Å². The quantitative estimate of drug-likeness (QED) is 0.623. The summed E-state index contributed by atoms with van der Waals surface area (Å²) in [5.41, 5.74) is 0. The second-order valence-electron chi connectivity index (χ2n) is 4.65. The van der Waals surface area contributed by atoms with E-state index in [-0.39, 0.29) is 0 Å². The van der Waals surface area contributed by atoms with Crippen molar-refractivity contribution in [3.05, 3.63) is 22.5 Å². The van der Waals surface area contributed by atoms with Gasteiger partial charge in [0, 0.05) is 38.6 Å². The van der Waals surface area contributed by atoms with Gasteiger partial charge in [0.2, 0.25) is 0 Å². The molecule has 3 heterocycles. The molecule has 6 nitrogen and oxygen atoms in total. The minimum Gasteiger partial charge on any atom is -0.353 e. The molecule has 0 saturated carbocycles. The molecule has 1 aliphatic rings. The Balaban J connectivity index is 1.58. The highest BCUT2D eigenvalue weighted by Crippen LogP contribution is 2.19. The number of anilines is 1. The van der Waals surface area contributed by atoms with Crippen molar-refractivity contribution in [2.24, 2.45) is 0 Å². The van der Waals surface area contributed by atoms with E-state index in [4.69, 9.17) is 12.2 Å². The number of rotatable bonds is 4. The van der Waals surface area contributed by atoms with Crippen LogP contribution in [-0.4, -0.2) is 57.1 Å². The topological polar surface area (TPSA) is 50.1 Å². The van der Waals surface area contributed by atoms with Crippen molar-refractivity contribution in [2.45, 2.75) is 11.0 Å². The van der Waals surface area contributed by atoms with Crippen LogP contribution in [0.25, 0.3) is 0 Å². The summed E-state index contributed by atoms with van der Waals surface area (Å²) in [6.45, 7) is 4.62. The third-order valence-electron chi connectivity index (χ3n) is 3.34. The van der Waals surface area contributed by atoms with E-state index in [9.17, 15) is 0 Å². The molecule has 0 radical (unpaired) electrons. The molecular formula is C12H16N6S3. The lowest BCUT2D eigenvalue weighted by molar-refractivity contribution is 0.193. The third kappa shape index (κ3) is 3.60. The molecule has 2 aromatic heterocycles. The van der Waals surface area contributed by atoms with Gasteiger partial charge in [-0.2, -0.15) is 5.10 Å². The van der Waals surface area contributed by atoms with E-state index in [0.717, 1.165) is 47.0 Å². The molecular weight excluding hydrogens is 324 g/mol. The van der Waals surface area contributed by atoms with Crippen molar-refractivity contribution in [1.82, 2.24) is 24.6 Å². The maximum atomic E-state index is 5.36. The Hall–Kier alpha value is -1.03. The number of nitrogens with zero attached hydrogens (tertiary/aromatic N) is 6. The normalized spacial score (nSPS) is 16.3. The van der Waals surface area contributed by atoms with Crippen molar-refractivity contribution >= 4 is 41.1 Å². The Bertz CT molecular complexity index is 632. The van der Waals surface area contributed by atoms with Crippen LogP contribution in [-0.2, 0) is 6.67 Å².